The van der Waals surface area contributed by atoms with Gasteiger partial charge in [0.2, 0.25) is 5.91 Å². The van der Waals surface area contributed by atoms with Crippen molar-refractivity contribution >= 4 is 79.5 Å². The first-order valence-corrected chi connectivity index (χ1v) is 17.0. The summed E-state index contributed by atoms with van der Waals surface area (Å²) < 4.78 is 1.01. The summed E-state index contributed by atoms with van der Waals surface area (Å²) >= 11 is 9.19. The van der Waals surface area contributed by atoms with Crippen LogP contribution >= 0.6 is 34.7 Å². The standard InChI is InChI=1S/C38H29ClN4O3S2/c1-24-16-21-31-33(22-24)48-38(42-31)43-37(46)34(25-10-4-2-5-11-25)47-29-19-17-28(18-20-29)40-36(45)32(23-27-14-8-9-15-30(27)39)41-35(44)26-12-6-3-7-13-26/h2-23,34H,1H3,(H,40,45)(H,41,44)(H,42,43,46)/b32-23-. The fraction of sp³-hybridized carbons (Fsp3) is 0.0526. The second-order valence-corrected chi connectivity index (χ2v) is 13.4. The van der Waals surface area contributed by atoms with Crippen molar-refractivity contribution in [3.05, 3.63) is 160 Å². The van der Waals surface area contributed by atoms with Gasteiger partial charge in [-0.2, -0.15) is 0 Å². The minimum absolute atomic E-state index is 0.0289. The second-order valence-electron chi connectivity index (χ2n) is 10.8. The number of amides is 3. The Kier molecular flexibility index (Phi) is 10.3. The van der Waals surface area contributed by atoms with Crippen LogP contribution in [0.15, 0.2) is 138 Å². The van der Waals surface area contributed by atoms with E-state index in [1.54, 1.807) is 66.7 Å². The maximum atomic E-state index is 13.6. The van der Waals surface area contributed by atoms with Gasteiger partial charge in [0.15, 0.2) is 5.13 Å². The summed E-state index contributed by atoms with van der Waals surface area (Å²) in [6, 6.07) is 38.4. The van der Waals surface area contributed by atoms with E-state index in [-0.39, 0.29) is 11.6 Å². The molecular formula is C38H29ClN4O3S2. The molecule has 1 atom stereocenters. The van der Waals surface area contributed by atoms with E-state index in [4.69, 9.17) is 11.6 Å². The highest BCUT2D eigenvalue weighted by Crippen LogP contribution is 2.37. The van der Waals surface area contributed by atoms with Crippen molar-refractivity contribution in [1.29, 1.82) is 0 Å². The van der Waals surface area contributed by atoms with Gasteiger partial charge in [-0.1, -0.05) is 95.7 Å². The summed E-state index contributed by atoms with van der Waals surface area (Å²) in [6.07, 6.45) is 1.54. The first kappa shape index (κ1) is 32.7. The number of nitrogens with one attached hydrogen (secondary N) is 3. The quantitative estimate of drug-likeness (QED) is 0.0985. The number of carbonyl (C=O) groups excluding carboxylic acids is 3. The third-order valence-electron chi connectivity index (χ3n) is 7.21. The summed E-state index contributed by atoms with van der Waals surface area (Å²) in [7, 11) is 0. The number of benzene rings is 5. The molecule has 6 rings (SSSR count). The van der Waals surface area contributed by atoms with E-state index in [0.717, 1.165) is 26.2 Å². The van der Waals surface area contributed by atoms with Gasteiger partial charge in [-0.15, -0.1) is 11.8 Å². The number of rotatable bonds is 10. The molecule has 0 aliphatic heterocycles. The van der Waals surface area contributed by atoms with Crippen molar-refractivity contribution in [2.24, 2.45) is 0 Å². The van der Waals surface area contributed by atoms with Gasteiger partial charge in [0.25, 0.3) is 11.8 Å². The molecule has 0 spiro atoms. The van der Waals surface area contributed by atoms with Gasteiger partial charge in [-0.25, -0.2) is 4.98 Å². The number of fused-ring (bicyclic) bond motifs is 1. The molecule has 3 N–H and O–H groups in total. The number of hydrogen-bond donors (Lipinski definition) is 3. The zero-order valence-corrected chi connectivity index (χ0v) is 28.0. The third-order valence-corrected chi connectivity index (χ3v) is 9.76. The number of aromatic nitrogens is 1. The van der Waals surface area contributed by atoms with E-state index in [1.807, 2.05) is 67.6 Å². The lowest BCUT2D eigenvalue weighted by Gasteiger charge is -2.17. The Hall–Kier alpha value is -5.22. The van der Waals surface area contributed by atoms with Crippen LogP contribution in [-0.2, 0) is 9.59 Å². The molecule has 6 aromatic rings. The molecular weight excluding hydrogens is 660 g/mol. The predicted molar refractivity (Wildman–Crippen MR) is 196 cm³/mol. The van der Waals surface area contributed by atoms with Crippen molar-refractivity contribution in [1.82, 2.24) is 10.3 Å². The third kappa shape index (κ3) is 8.19. The molecule has 0 fully saturated rings. The Morgan fingerprint density at radius 3 is 2.23 bits per heavy atom. The Balaban J connectivity index is 1.19. The molecule has 48 heavy (non-hydrogen) atoms. The molecule has 0 saturated carbocycles. The lowest BCUT2D eigenvalue weighted by Crippen LogP contribution is -2.30. The van der Waals surface area contributed by atoms with E-state index < -0.39 is 17.1 Å². The minimum atomic E-state index is -0.557. The van der Waals surface area contributed by atoms with Crippen LogP contribution in [0.3, 0.4) is 0 Å². The molecule has 0 aliphatic rings. The average Bonchev–Trinajstić information content (AvgIpc) is 3.50. The van der Waals surface area contributed by atoms with E-state index in [0.29, 0.717) is 27.0 Å². The number of anilines is 2. The zero-order valence-electron chi connectivity index (χ0n) is 25.6. The van der Waals surface area contributed by atoms with Crippen molar-refractivity contribution in [3.8, 4) is 0 Å². The van der Waals surface area contributed by atoms with Crippen molar-refractivity contribution in [2.75, 3.05) is 10.6 Å². The van der Waals surface area contributed by atoms with Crippen LogP contribution in [0.5, 0.6) is 0 Å². The lowest BCUT2D eigenvalue weighted by atomic mass is 10.1. The monoisotopic (exact) mass is 688 g/mol. The highest BCUT2D eigenvalue weighted by molar-refractivity contribution is 8.00. The summed E-state index contributed by atoms with van der Waals surface area (Å²) in [5, 5.41) is 9.02. The normalized spacial score (nSPS) is 11.9. The van der Waals surface area contributed by atoms with Gasteiger partial charge >= 0.3 is 0 Å². The van der Waals surface area contributed by atoms with Crippen LogP contribution in [0.25, 0.3) is 16.3 Å². The van der Waals surface area contributed by atoms with Crippen molar-refractivity contribution < 1.29 is 14.4 Å². The van der Waals surface area contributed by atoms with E-state index in [9.17, 15) is 14.4 Å². The van der Waals surface area contributed by atoms with Crippen LogP contribution in [0.1, 0.15) is 32.3 Å². The van der Waals surface area contributed by atoms with Crippen molar-refractivity contribution in [2.45, 2.75) is 17.1 Å². The summed E-state index contributed by atoms with van der Waals surface area (Å²) in [5.41, 5.74) is 4.34. The summed E-state index contributed by atoms with van der Waals surface area (Å²) in [5.74, 6) is -1.14. The molecule has 238 valence electrons. The van der Waals surface area contributed by atoms with Crippen LogP contribution in [0.2, 0.25) is 5.02 Å². The Morgan fingerprint density at radius 2 is 1.50 bits per heavy atom. The number of thioether (sulfide) groups is 1. The maximum Gasteiger partial charge on any atom is 0.272 e. The van der Waals surface area contributed by atoms with Gasteiger partial charge in [0.1, 0.15) is 10.9 Å². The number of nitrogens with zero attached hydrogens (tertiary/aromatic N) is 1. The fourth-order valence-electron chi connectivity index (χ4n) is 4.80. The molecule has 0 saturated heterocycles. The van der Waals surface area contributed by atoms with Gasteiger partial charge in [-0.05, 0) is 84.3 Å². The molecule has 0 bridgehead atoms. The SMILES string of the molecule is Cc1ccc2nc(NC(=O)C(Sc3ccc(NC(=O)/C(=C/c4ccccc4Cl)NC(=O)c4ccccc4)cc3)c3ccccc3)sc2c1. The van der Waals surface area contributed by atoms with Crippen LogP contribution in [0, 0.1) is 6.92 Å². The van der Waals surface area contributed by atoms with E-state index in [2.05, 4.69) is 27.0 Å². The lowest BCUT2D eigenvalue weighted by molar-refractivity contribution is -0.116. The highest BCUT2D eigenvalue weighted by atomic mass is 35.5. The summed E-state index contributed by atoms with van der Waals surface area (Å²) in [4.78, 5) is 45.5. The predicted octanol–water partition coefficient (Wildman–Crippen LogP) is 9.14. The van der Waals surface area contributed by atoms with E-state index >= 15 is 0 Å². The molecule has 0 aliphatic carbocycles. The molecule has 0 radical (unpaired) electrons. The Bertz CT molecular complexity index is 2120. The van der Waals surface area contributed by atoms with Gasteiger partial charge in [-0.3, -0.25) is 14.4 Å². The average molecular weight is 689 g/mol. The zero-order chi connectivity index (χ0) is 33.5. The topological polar surface area (TPSA) is 100 Å². The van der Waals surface area contributed by atoms with Gasteiger partial charge in [0, 0.05) is 21.2 Å². The minimum Gasteiger partial charge on any atom is -0.321 e. The largest absolute Gasteiger partial charge is 0.321 e. The Morgan fingerprint density at radius 1 is 0.812 bits per heavy atom. The van der Waals surface area contributed by atoms with Crippen LogP contribution in [-0.4, -0.2) is 22.7 Å². The molecule has 1 aromatic heterocycles. The molecule has 10 heteroatoms. The number of aryl methyl sites for hydroxylation is 1. The van der Waals surface area contributed by atoms with Gasteiger partial charge in [0.05, 0.1) is 10.2 Å². The van der Waals surface area contributed by atoms with Crippen LogP contribution < -0.4 is 16.0 Å². The molecule has 1 heterocycles. The number of hydrogen-bond acceptors (Lipinski definition) is 6. The summed E-state index contributed by atoms with van der Waals surface area (Å²) in [6.45, 7) is 2.02. The number of thiazole rings is 1. The Labute approximate surface area is 291 Å². The fourth-order valence-corrected chi connectivity index (χ4v) is 6.98. The number of carbonyl (C=O) groups is 3. The van der Waals surface area contributed by atoms with Crippen molar-refractivity contribution in [3.63, 3.8) is 0 Å². The second kappa shape index (κ2) is 15.1. The molecule has 5 aromatic carbocycles. The highest BCUT2D eigenvalue weighted by Gasteiger charge is 2.24. The number of halogens is 1. The molecule has 1 unspecified atom stereocenters. The first-order chi connectivity index (χ1) is 23.3. The van der Waals surface area contributed by atoms with E-state index in [1.165, 1.54) is 23.1 Å². The smallest absolute Gasteiger partial charge is 0.272 e. The molecule has 7 nitrogen and oxygen atoms in total. The molecule has 3 amide bonds. The maximum absolute atomic E-state index is 13.6. The van der Waals surface area contributed by atoms with Gasteiger partial charge < -0.3 is 16.0 Å². The van der Waals surface area contributed by atoms with Crippen LogP contribution in [0.4, 0.5) is 10.8 Å². The first-order valence-electron chi connectivity index (χ1n) is 15.0.